The number of hydrogen-bond donors (Lipinski definition) is 5. The Morgan fingerprint density at radius 2 is 1.53 bits per heavy atom. The topological polar surface area (TPSA) is 149 Å². The number of carbonyl (C=O) groups excluding carboxylic acids is 2. The minimum Gasteiger partial charge on any atom is -0.480 e. The van der Waals surface area contributed by atoms with Crippen LogP contribution in [0.1, 0.15) is 17.0 Å². The largest absolute Gasteiger partial charge is 0.480 e. The molecule has 1 aromatic heterocycles. The van der Waals surface area contributed by atoms with Crippen LogP contribution in [0.15, 0.2) is 103 Å². The number of H-pyrrole nitrogens is 1. The Hall–Kier alpha value is -5.91. The molecule has 45 heavy (non-hydrogen) atoms. The van der Waals surface area contributed by atoms with Gasteiger partial charge >= 0.3 is 18.1 Å². The number of urea groups is 1. The average molecular weight is 611 g/mol. The second kappa shape index (κ2) is 14.5. The Labute approximate surface area is 258 Å². The highest BCUT2D eigenvalue weighted by Crippen LogP contribution is 2.17. The maximum atomic E-state index is 13.4. The highest BCUT2D eigenvalue weighted by Gasteiger charge is 2.21. The van der Waals surface area contributed by atoms with Crippen LogP contribution in [0, 0.1) is 5.82 Å². The van der Waals surface area contributed by atoms with Gasteiger partial charge in [-0.1, -0.05) is 54.6 Å². The minimum absolute atomic E-state index is 0.0171. The lowest BCUT2D eigenvalue weighted by Gasteiger charge is -2.23. The summed E-state index contributed by atoms with van der Waals surface area (Å²) in [6, 6.07) is 27.6. The van der Waals surface area contributed by atoms with Crippen LogP contribution in [0.2, 0.25) is 0 Å². The van der Waals surface area contributed by atoms with Gasteiger partial charge in [0.2, 0.25) is 0 Å². The van der Waals surface area contributed by atoms with Crippen molar-refractivity contribution < 1.29 is 28.6 Å². The van der Waals surface area contributed by atoms with Crippen LogP contribution in [-0.4, -0.2) is 50.7 Å². The van der Waals surface area contributed by atoms with Crippen LogP contribution < -0.4 is 16.0 Å². The smallest absolute Gasteiger partial charge is 0.408 e. The number of halogens is 1. The second-order valence-corrected chi connectivity index (χ2v) is 10.2. The molecule has 0 saturated heterocycles. The standard InChI is InChI=1S/C33H31FN6O5/c34-24-12-16-26(17-13-24)36-32(43)40(20-30-37-27-8-4-5-9-28(27)38-30)19-22-10-14-25(15-11-22)35-18-29(31(41)42)39-33(44)45-21-23-6-2-1-3-7-23/h1-17,29,35H,18-21H2,(H,36,43)(H,37,38)(H,39,44)(H,41,42)/t29-/m0/s1. The monoisotopic (exact) mass is 610 g/mol. The summed E-state index contributed by atoms with van der Waals surface area (Å²) in [5, 5.41) is 17.8. The molecule has 5 rings (SSSR count). The number of benzene rings is 4. The van der Waals surface area contributed by atoms with Gasteiger partial charge in [0.25, 0.3) is 0 Å². The van der Waals surface area contributed by atoms with E-state index in [2.05, 4.69) is 25.9 Å². The zero-order chi connectivity index (χ0) is 31.6. The number of imidazole rings is 1. The fourth-order valence-corrected chi connectivity index (χ4v) is 4.47. The Balaban J connectivity index is 1.20. The van der Waals surface area contributed by atoms with E-state index in [9.17, 15) is 23.9 Å². The van der Waals surface area contributed by atoms with E-state index in [1.54, 1.807) is 41.3 Å². The van der Waals surface area contributed by atoms with Gasteiger partial charge in [0, 0.05) is 24.5 Å². The molecule has 11 nitrogen and oxygen atoms in total. The molecular weight excluding hydrogens is 579 g/mol. The van der Waals surface area contributed by atoms with Crippen molar-refractivity contribution in [2.24, 2.45) is 0 Å². The number of aromatic nitrogens is 2. The first-order chi connectivity index (χ1) is 21.8. The molecule has 230 valence electrons. The average Bonchev–Trinajstić information content (AvgIpc) is 3.46. The summed E-state index contributed by atoms with van der Waals surface area (Å²) in [5.41, 5.74) is 4.26. The number of aliphatic carboxylic acids is 1. The van der Waals surface area contributed by atoms with E-state index in [1.807, 2.05) is 42.5 Å². The van der Waals surface area contributed by atoms with E-state index in [4.69, 9.17) is 4.74 Å². The van der Waals surface area contributed by atoms with Crippen molar-refractivity contribution in [2.75, 3.05) is 17.2 Å². The van der Waals surface area contributed by atoms with Crippen molar-refractivity contribution in [1.29, 1.82) is 0 Å². The first kappa shape index (κ1) is 30.5. The zero-order valence-corrected chi connectivity index (χ0v) is 24.1. The summed E-state index contributed by atoms with van der Waals surface area (Å²) < 4.78 is 18.5. The maximum absolute atomic E-state index is 13.4. The number of anilines is 2. The SMILES string of the molecule is O=C(N[C@@H](CNc1ccc(CN(Cc2nc3ccccc3[nH]2)C(=O)Nc2ccc(F)cc2)cc1)C(=O)O)OCc1ccccc1. The third kappa shape index (κ3) is 8.80. The van der Waals surface area contributed by atoms with Crippen LogP contribution in [-0.2, 0) is 29.2 Å². The van der Waals surface area contributed by atoms with Crippen molar-refractivity contribution in [1.82, 2.24) is 20.2 Å². The molecule has 5 N–H and O–H groups in total. The van der Waals surface area contributed by atoms with Crippen LogP contribution in [0.5, 0.6) is 0 Å². The number of aromatic amines is 1. The number of amides is 3. The third-order valence-corrected chi connectivity index (χ3v) is 6.80. The molecule has 0 aliphatic carbocycles. The third-order valence-electron chi connectivity index (χ3n) is 6.80. The number of ether oxygens (including phenoxy) is 1. The number of alkyl carbamates (subject to hydrolysis) is 1. The summed E-state index contributed by atoms with van der Waals surface area (Å²) in [6.07, 6.45) is -0.841. The van der Waals surface area contributed by atoms with Crippen molar-refractivity contribution >= 4 is 40.5 Å². The number of rotatable bonds is 12. The first-order valence-corrected chi connectivity index (χ1v) is 14.1. The number of carboxylic acids is 1. The van der Waals surface area contributed by atoms with Gasteiger partial charge in [-0.3, -0.25) is 0 Å². The van der Waals surface area contributed by atoms with E-state index in [0.717, 1.165) is 22.2 Å². The molecule has 12 heteroatoms. The molecule has 1 heterocycles. The summed E-state index contributed by atoms with van der Waals surface area (Å²) in [7, 11) is 0. The highest BCUT2D eigenvalue weighted by atomic mass is 19.1. The molecule has 1 atom stereocenters. The van der Waals surface area contributed by atoms with E-state index in [0.29, 0.717) is 17.2 Å². The Kier molecular flexibility index (Phi) is 9.85. The number of carbonyl (C=O) groups is 3. The van der Waals surface area contributed by atoms with Gasteiger partial charge in [0.05, 0.1) is 17.6 Å². The highest BCUT2D eigenvalue weighted by molar-refractivity contribution is 5.89. The number of carboxylic acid groups (broad SMARTS) is 1. The van der Waals surface area contributed by atoms with Crippen LogP contribution in [0.4, 0.5) is 25.4 Å². The second-order valence-electron chi connectivity index (χ2n) is 10.2. The van der Waals surface area contributed by atoms with E-state index in [-0.39, 0.29) is 26.2 Å². The van der Waals surface area contributed by atoms with Gasteiger partial charge in [-0.2, -0.15) is 0 Å². The number of fused-ring (bicyclic) bond motifs is 1. The van der Waals surface area contributed by atoms with Gasteiger partial charge < -0.3 is 35.7 Å². The maximum Gasteiger partial charge on any atom is 0.408 e. The molecule has 0 unspecified atom stereocenters. The van der Waals surface area contributed by atoms with E-state index in [1.165, 1.54) is 24.3 Å². The van der Waals surface area contributed by atoms with Crippen molar-refractivity contribution in [3.8, 4) is 0 Å². The van der Waals surface area contributed by atoms with Crippen molar-refractivity contribution in [3.63, 3.8) is 0 Å². The quantitative estimate of drug-likeness (QED) is 0.121. The lowest BCUT2D eigenvalue weighted by molar-refractivity contribution is -0.139. The summed E-state index contributed by atoms with van der Waals surface area (Å²) in [4.78, 5) is 46.6. The Morgan fingerprint density at radius 3 is 2.24 bits per heavy atom. The van der Waals surface area contributed by atoms with Crippen LogP contribution in [0.25, 0.3) is 11.0 Å². The summed E-state index contributed by atoms with van der Waals surface area (Å²) in [6.45, 7) is 0.321. The predicted octanol–water partition coefficient (Wildman–Crippen LogP) is 5.73. The molecule has 0 saturated carbocycles. The van der Waals surface area contributed by atoms with E-state index < -0.39 is 30.0 Å². The number of nitrogens with one attached hydrogen (secondary N) is 4. The molecule has 0 aliphatic heterocycles. The molecular formula is C33H31FN6O5. The first-order valence-electron chi connectivity index (χ1n) is 14.1. The van der Waals surface area contributed by atoms with E-state index >= 15 is 0 Å². The summed E-state index contributed by atoms with van der Waals surface area (Å²) in [5.74, 6) is -1.03. The normalized spacial score (nSPS) is 11.4. The number of nitrogens with zero attached hydrogens (tertiary/aromatic N) is 2. The number of hydrogen-bond acceptors (Lipinski definition) is 6. The molecule has 0 fully saturated rings. The lowest BCUT2D eigenvalue weighted by Crippen LogP contribution is -2.45. The minimum atomic E-state index is -1.23. The van der Waals surface area contributed by atoms with Crippen molar-refractivity contribution in [3.05, 3.63) is 126 Å². The Morgan fingerprint density at radius 1 is 0.844 bits per heavy atom. The predicted molar refractivity (Wildman–Crippen MR) is 167 cm³/mol. The van der Waals surface area contributed by atoms with Crippen LogP contribution in [0.3, 0.4) is 0 Å². The van der Waals surface area contributed by atoms with Gasteiger partial charge in [0.1, 0.15) is 24.3 Å². The van der Waals surface area contributed by atoms with Gasteiger partial charge in [-0.05, 0) is 59.7 Å². The molecule has 3 amide bonds. The van der Waals surface area contributed by atoms with Crippen LogP contribution >= 0.6 is 0 Å². The molecule has 0 aliphatic rings. The molecule has 4 aromatic carbocycles. The number of para-hydroxylation sites is 2. The molecule has 0 bridgehead atoms. The zero-order valence-electron chi connectivity index (χ0n) is 24.1. The summed E-state index contributed by atoms with van der Waals surface area (Å²) >= 11 is 0. The Bertz CT molecular complexity index is 1710. The van der Waals surface area contributed by atoms with Gasteiger partial charge in [-0.15, -0.1) is 0 Å². The fourth-order valence-electron chi connectivity index (χ4n) is 4.47. The van der Waals surface area contributed by atoms with Gasteiger partial charge in [0.15, 0.2) is 0 Å². The molecule has 5 aromatic rings. The van der Waals surface area contributed by atoms with Gasteiger partial charge in [-0.25, -0.2) is 23.8 Å². The molecule has 0 spiro atoms. The lowest BCUT2D eigenvalue weighted by atomic mass is 10.2. The fraction of sp³-hybridized carbons (Fsp3) is 0.152. The van der Waals surface area contributed by atoms with Crippen molar-refractivity contribution in [2.45, 2.75) is 25.7 Å². The molecule has 0 radical (unpaired) electrons.